The summed E-state index contributed by atoms with van der Waals surface area (Å²) in [5.41, 5.74) is 1.79. The van der Waals surface area contributed by atoms with Crippen LogP contribution < -0.4 is 17.0 Å². The molecule has 0 aliphatic carbocycles. The van der Waals surface area contributed by atoms with Crippen LogP contribution in [0.15, 0.2) is 60.7 Å². The van der Waals surface area contributed by atoms with Crippen LogP contribution in [0.25, 0.3) is 0 Å². The zero-order chi connectivity index (χ0) is 24.4. The number of carbonyl (C=O) groups is 2. The minimum atomic E-state index is -0.365. The van der Waals surface area contributed by atoms with Gasteiger partial charge < -0.3 is 26.2 Å². The number of hydrogen-bond acceptors (Lipinski definition) is 4. The van der Waals surface area contributed by atoms with Crippen molar-refractivity contribution in [2.24, 2.45) is 17.8 Å². The Bertz CT molecular complexity index is 1010. The Balaban J connectivity index is 0.00000304. The average molecular weight is 556 g/mol. The van der Waals surface area contributed by atoms with E-state index in [1.165, 1.54) is 6.42 Å². The Morgan fingerprint density at radius 2 is 1.53 bits per heavy atom. The van der Waals surface area contributed by atoms with Crippen molar-refractivity contribution in [1.29, 1.82) is 0 Å². The summed E-state index contributed by atoms with van der Waals surface area (Å²) in [6.07, 6.45) is 3.13. The highest BCUT2D eigenvalue weighted by Crippen LogP contribution is 2.37. The predicted octanol–water partition coefficient (Wildman–Crippen LogP) is 1.74. The molecule has 4 aliphatic rings. The topological polar surface area (TPSA) is 46.6 Å². The van der Waals surface area contributed by atoms with Crippen molar-refractivity contribution < 1.29 is 35.8 Å². The molecule has 4 fully saturated rings. The van der Waals surface area contributed by atoms with Crippen molar-refractivity contribution in [3.63, 3.8) is 0 Å². The summed E-state index contributed by atoms with van der Waals surface area (Å²) in [5, 5.41) is 0. The third-order valence-electron chi connectivity index (χ3n) is 8.48. The standard InChI is InChI=1S/C30H39N2O3.BrH/c1-22-17-23(2)19-31(18-22)29(26-11-7-4-8-12-26)30(34)35-28-21-32(15-13-25(28)14-16-32)20-27(33)24-9-5-3-6-10-24;/h3-12,22-23,25,28-29H,13-21H2,1-2H3;1H/q+1;/p-1/t22?,23?,25?,28-,29?,32?;/m0./s1. The molecule has 0 amide bonds. The van der Waals surface area contributed by atoms with E-state index in [1.807, 2.05) is 48.5 Å². The van der Waals surface area contributed by atoms with Gasteiger partial charge in [-0.3, -0.25) is 9.69 Å². The third-order valence-corrected chi connectivity index (χ3v) is 8.48. The minimum absolute atomic E-state index is 0. The van der Waals surface area contributed by atoms with Gasteiger partial charge in [0.25, 0.3) is 0 Å². The minimum Gasteiger partial charge on any atom is -1.00 e. The lowest BCUT2D eigenvalue weighted by Gasteiger charge is -2.52. The molecule has 2 aromatic rings. The molecule has 36 heavy (non-hydrogen) atoms. The SMILES string of the molecule is CC1CC(C)CN(C(C(=O)O[C@H]2C[N+]3(CC(=O)c4ccccc4)CCC2CC3)c2ccccc2)C1.[Br-]. The summed E-state index contributed by atoms with van der Waals surface area (Å²) in [4.78, 5) is 29.2. The van der Waals surface area contributed by atoms with Gasteiger partial charge in [0.05, 0.1) is 13.1 Å². The zero-order valence-corrected chi connectivity index (χ0v) is 23.1. The lowest BCUT2D eigenvalue weighted by Crippen LogP contribution is -3.00. The van der Waals surface area contributed by atoms with Crippen LogP contribution in [0.1, 0.15) is 55.1 Å². The maximum atomic E-state index is 13.8. The van der Waals surface area contributed by atoms with Crippen LogP contribution in [-0.4, -0.2) is 66.5 Å². The first-order valence-electron chi connectivity index (χ1n) is 13.4. The molecule has 194 valence electrons. The van der Waals surface area contributed by atoms with Crippen LogP contribution in [0, 0.1) is 17.8 Å². The lowest BCUT2D eigenvalue weighted by molar-refractivity contribution is -0.938. The Hall–Kier alpha value is -2.02. The highest BCUT2D eigenvalue weighted by atomic mass is 79.9. The van der Waals surface area contributed by atoms with Gasteiger partial charge in [-0.2, -0.15) is 0 Å². The van der Waals surface area contributed by atoms with Gasteiger partial charge in [0.15, 0.2) is 6.10 Å². The summed E-state index contributed by atoms with van der Waals surface area (Å²) >= 11 is 0. The molecular formula is C30H39BrN2O3. The van der Waals surface area contributed by atoms with Crippen LogP contribution in [0.4, 0.5) is 0 Å². The second-order valence-electron chi connectivity index (χ2n) is 11.4. The molecule has 4 saturated heterocycles. The smallest absolute Gasteiger partial charge is 0.328 e. The van der Waals surface area contributed by atoms with Crippen molar-refractivity contribution in [2.45, 2.75) is 45.3 Å². The largest absolute Gasteiger partial charge is 1.00 e. The Kier molecular flexibility index (Phi) is 8.69. The molecule has 3 unspecified atom stereocenters. The number of Topliss-reactive ketones (excluding diaryl/α,β-unsaturated/α-hetero) is 1. The van der Waals surface area contributed by atoms with Crippen LogP contribution in [-0.2, 0) is 9.53 Å². The third kappa shape index (κ3) is 5.92. The van der Waals surface area contributed by atoms with E-state index in [-0.39, 0.29) is 40.9 Å². The van der Waals surface area contributed by atoms with Gasteiger partial charge in [-0.1, -0.05) is 74.5 Å². The molecule has 4 heterocycles. The van der Waals surface area contributed by atoms with Crippen LogP contribution >= 0.6 is 0 Å². The highest BCUT2D eigenvalue weighted by molar-refractivity contribution is 5.97. The van der Waals surface area contributed by atoms with E-state index in [4.69, 9.17) is 4.74 Å². The van der Waals surface area contributed by atoms with E-state index in [0.717, 1.165) is 61.2 Å². The summed E-state index contributed by atoms with van der Waals surface area (Å²) in [6.45, 7) is 9.64. The zero-order valence-electron chi connectivity index (χ0n) is 21.5. The molecule has 0 spiro atoms. The molecule has 2 bridgehead atoms. The molecule has 6 rings (SSSR count). The lowest BCUT2D eigenvalue weighted by atomic mass is 9.82. The number of halogens is 1. The molecule has 4 atom stereocenters. The maximum Gasteiger partial charge on any atom is 0.328 e. The predicted molar refractivity (Wildman–Crippen MR) is 137 cm³/mol. The fourth-order valence-electron chi connectivity index (χ4n) is 6.86. The second-order valence-corrected chi connectivity index (χ2v) is 11.4. The van der Waals surface area contributed by atoms with Crippen molar-refractivity contribution in [1.82, 2.24) is 4.90 Å². The van der Waals surface area contributed by atoms with Gasteiger partial charge >= 0.3 is 5.97 Å². The number of rotatable bonds is 7. The Morgan fingerprint density at radius 3 is 2.14 bits per heavy atom. The van der Waals surface area contributed by atoms with Gasteiger partial charge in [0.1, 0.15) is 19.1 Å². The van der Waals surface area contributed by atoms with Gasteiger partial charge in [0, 0.05) is 37.4 Å². The van der Waals surface area contributed by atoms with Crippen molar-refractivity contribution >= 4 is 11.8 Å². The van der Waals surface area contributed by atoms with Crippen LogP contribution in [0.3, 0.4) is 0 Å². The molecule has 0 radical (unpaired) electrons. The van der Waals surface area contributed by atoms with Crippen molar-refractivity contribution in [2.75, 3.05) is 39.3 Å². The monoisotopic (exact) mass is 554 g/mol. The number of ether oxygens (including phenoxy) is 1. The summed E-state index contributed by atoms with van der Waals surface area (Å²) < 4.78 is 7.12. The number of piperidine rings is 4. The highest BCUT2D eigenvalue weighted by Gasteiger charge is 2.49. The average Bonchev–Trinajstić information content (AvgIpc) is 2.85. The normalized spacial score (nSPS) is 30.7. The number of fused-ring (bicyclic) bond motifs is 3. The number of benzene rings is 2. The fraction of sp³-hybridized carbons (Fsp3) is 0.533. The Labute approximate surface area is 226 Å². The fourth-order valence-corrected chi connectivity index (χ4v) is 6.86. The molecule has 6 heteroatoms. The number of quaternary nitrogens is 1. The molecule has 5 nitrogen and oxygen atoms in total. The van der Waals surface area contributed by atoms with E-state index in [0.29, 0.717) is 24.3 Å². The van der Waals surface area contributed by atoms with Crippen LogP contribution in [0.5, 0.6) is 0 Å². The van der Waals surface area contributed by atoms with Crippen LogP contribution in [0.2, 0.25) is 0 Å². The second kappa shape index (κ2) is 11.6. The quantitative estimate of drug-likeness (QED) is 0.297. The number of likely N-dealkylation sites (tertiary alicyclic amines) is 1. The molecule has 0 N–H and O–H groups in total. The first-order chi connectivity index (χ1) is 16.9. The summed E-state index contributed by atoms with van der Waals surface area (Å²) in [7, 11) is 0. The molecule has 0 saturated carbocycles. The number of ketones is 1. The van der Waals surface area contributed by atoms with E-state index in [1.54, 1.807) is 0 Å². The number of hydrogen-bond donors (Lipinski definition) is 0. The maximum absolute atomic E-state index is 13.8. The molecular weight excluding hydrogens is 516 g/mol. The van der Waals surface area contributed by atoms with E-state index in [2.05, 4.69) is 30.9 Å². The first-order valence-corrected chi connectivity index (χ1v) is 13.4. The first kappa shape index (κ1) is 27.0. The Morgan fingerprint density at radius 1 is 0.944 bits per heavy atom. The van der Waals surface area contributed by atoms with E-state index in [9.17, 15) is 9.59 Å². The van der Waals surface area contributed by atoms with Gasteiger partial charge in [-0.15, -0.1) is 0 Å². The van der Waals surface area contributed by atoms with Gasteiger partial charge in [0.2, 0.25) is 5.78 Å². The summed E-state index contributed by atoms with van der Waals surface area (Å²) in [6, 6.07) is 19.4. The van der Waals surface area contributed by atoms with Crippen molar-refractivity contribution in [3.05, 3.63) is 71.8 Å². The number of nitrogens with zero attached hydrogens (tertiary/aromatic N) is 2. The number of esters is 1. The van der Waals surface area contributed by atoms with Gasteiger partial charge in [-0.05, 0) is 23.8 Å². The molecule has 4 aliphatic heterocycles. The van der Waals surface area contributed by atoms with E-state index < -0.39 is 0 Å². The van der Waals surface area contributed by atoms with Gasteiger partial charge in [-0.25, -0.2) is 4.79 Å². The number of carbonyl (C=O) groups excluding carboxylic acids is 2. The molecule has 0 aromatic heterocycles. The van der Waals surface area contributed by atoms with E-state index >= 15 is 0 Å². The molecule has 2 aromatic carbocycles. The van der Waals surface area contributed by atoms with Crippen molar-refractivity contribution in [3.8, 4) is 0 Å². The summed E-state index contributed by atoms with van der Waals surface area (Å²) in [5.74, 6) is 1.60.